The van der Waals surface area contributed by atoms with Crippen LogP contribution in [0.3, 0.4) is 0 Å². The molecule has 0 aliphatic rings. The average Bonchev–Trinajstić information content (AvgIpc) is 2.43. The van der Waals surface area contributed by atoms with Crippen LogP contribution in [-0.4, -0.2) is 12.1 Å². The molecule has 0 spiro atoms. The van der Waals surface area contributed by atoms with Crippen molar-refractivity contribution in [1.29, 1.82) is 0 Å². The molecule has 0 aliphatic carbocycles. The average molecular weight is 280 g/mol. The smallest absolute Gasteiger partial charge is 0.0606 e. The molecule has 0 fully saturated rings. The van der Waals surface area contributed by atoms with Crippen LogP contribution < -0.4 is 0 Å². The SMILES string of the molecule is CCCc1ncc2ccccc2c1CCC.COCl. The highest BCUT2D eigenvalue weighted by Gasteiger charge is 2.07. The van der Waals surface area contributed by atoms with E-state index in [2.05, 4.69) is 59.3 Å². The second-order valence-corrected chi connectivity index (χ2v) is 4.73. The summed E-state index contributed by atoms with van der Waals surface area (Å²) in [5.74, 6) is 0. The maximum atomic E-state index is 4.62. The zero-order valence-electron chi connectivity index (χ0n) is 11.9. The summed E-state index contributed by atoms with van der Waals surface area (Å²) >= 11 is 4.50. The Balaban J connectivity index is 0.000000550. The van der Waals surface area contributed by atoms with E-state index in [1.54, 1.807) is 0 Å². The highest BCUT2D eigenvalue weighted by atomic mass is 35.5. The van der Waals surface area contributed by atoms with Crippen molar-refractivity contribution in [1.82, 2.24) is 4.98 Å². The molecule has 2 aromatic rings. The molecule has 3 heteroatoms. The van der Waals surface area contributed by atoms with Crippen LogP contribution in [0.15, 0.2) is 30.5 Å². The Hall–Kier alpha value is -1.12. The molecule has 0 saturated heterocycles. The van der Waals surface area contributed by atoms with Gasteiger partial charge < -0.3 is 0 Å². The molecule has 0 aliphatic heterocycles. The molecule has 19 heavy (non-hydrogen) atoms. The van der Waals surface area contributed by atoms with Gasteiger partial charge in [-0.25, -0.2) is 0 Å². The van der Waals surface area contributed by atoms with Gasteiger partial charge in [-0.05, 0) is 23.8 Å². The zero-order chi connectivity index (χ0) is 14.1. The number of fused-ring (bicyclic) bond motifs is 1. The molecule has 0 saturated carbocycles. The number of rotatable bonds is 4. The first-order valence-electron chi connectivity index (χ1n) is 6.78. The highest BCUT2D eigenvalue weighted by Crippen LogP contribution is 2.22. The van der Waals surface area contributed by atoms with E-state index >= 15 is 0 Å². The van der Waals surface area contributed by atoms with Crippen molar-refractivity contribution in [3.63, 3.8) is 0 Å². The first kappa shape index (κ1) is 15.9. The quantitative estimate of drug-likeness (QED) is 0.792. The minimum atomic E-state index is 1.10. The Morgan fingerprint density at radius 3 is 2.37 bits per heavy atom. The number of pyridine rings is 1. The molecule has 1 aromatic carbocycles. The third kappa shape index (κ3) is 4.48. The van der Waals surface area contributed by atoms with Gasteiger partial charge in [0.25, 0.3) is 0 Å². The van der Waals surface area contributed by atoms with Crippen molar-refractivity contribution >= 4 is 22.6 Å². The minimum absolute atomic E-state index is 1.10. The van der Waals surface area contributed by atoms with E-state index in [4.69, 9.17) is 0 Å². The molecular weight excluding hydrogens is 258 g/mol. The van der Waals surface area contributed by atoms with Crippen LogP contribution in [-0.2, 0) is 17.1 Å². The van der Waals surface area contributed by atoms with E-state index in [0.29, 0.717) is 0 Å². The Morgan fingerprint density at radius 1 is 1.11 bits per heavy atom. The van der Waals surface area contributed by atoms with E-state index in [-0.39, 0.29) is 0 Å². The fraction of sp³-hybridized carbons (Fsp3) is 0.438. The fourth-order valence-electron chi connectivity index (χ4n) is 2.25. The highest BCUT2D eigenvalue weighted by molar-refractivity contribution is 6.07. The fourth-order valence-corrected chi connectivity index (χ4v) is 2.25. The minimum Gasteiger partial charge on any atom is -0.283 e. The molecule has 0 unspecified atom stereocenters. The van der Waals surface area contributed by atoms with E-state index in [9.17, 15) is 0 Å². The number of hydrogen-bond donors (Lipinski definition) is 0. The maximum Gasteiger partial charge on any atom is 0.0606 e. The van der Waals surface area contributed by atoms with Gasteiger partial charge >= 0.3 is 0 Å². The zero-order valence-corrected chi connectivity index (χ0v) is 12.7. The van der Waals surface area contributed by atoms with E-state index in [0.717, 1.165) is 12.8 Å². The number of aromatic nitrogens is 1. The summed E-state index contributed by atoms with van der Waals surface area (Å²) < 4.78 is 3.72. The number of nitrogens with zero attached hydrogens (tertiary/aromatic N) is 1. The number of halogens is 1. The van der Waals surface area contributed by atoms with Crippen molar-refractivity contribution < 1.29 is 4.29 Å². The van der Waals surface area contributed by atoms with Crippen LogP contribution in [0.25, 0.3) is 10.8 Å². The molecule has 0 radical (unpaired) electrons. The maximum absolute atomic E-state index is 4.62. The Kier molecular flexibility index (Phi) is 7.46. The van der Waals surface area contributed by atoms with Crippen molar-refractivity contribution in [2.45, 2.75) is 39.5 Å². The van der Waals surface area contributed by atoms with Crippen LogP contribution in [0.2, 0.25) is 0 Å². The Bertz CT molecular complexity index is 499. The monoisotopic (exact) mass is 279 g/mol. The summed E-state index contributed by atoms with van der Waals surface area (Å²) in [4.78, 5) is 4.62. The van der Waals surface area contributed by atoms with E-state index < -0.39 is 0 Å². The van der Waals surface area contributed by atoms with Crippen LogP contribution in [0.1, 0.15) is 37.9 Å². The normalized spacial score (nSPS) is 10.1. The van der Waals surface area contributed by atoms with Crippen molar-refractivity contribution in [3.8, 4) is 0 Å². The summed E-state index contributed by atoms with van der Waals surface area (Å²) in [5.41, 5.74) is 2.76. The molecule has 1 heterocycles. The van der Waals surface area contributed by atoms with Gasteiger partial charge in [0.2, 0.25) is 0 Å². The van der Waals surface area contributed by atoms with E-state index in [1.165, 1.54) is 42.0 Å². The van der Waals surface area contributed by atoms with Gasteiger partial charge in [0.1, 0.15) is 0 Å². The summed E-state index contributed by atoms with van der Waals surface area (Å²) in [6.45, 7) is 4.45. The Labute approximate surface area is 120 Å². The van der Waals surface area contributed by atoms with Gasteiger partial charge in [-0.1, -0.05) is 51.0 Å². The number of aryl methyl sites for hydroxylation is 2. The van der Waals surface area contributed by atoms with Crippen molar-refractivity contribution in [2.75, 3.05) is 7.11 Å². The van der Waals surface area contributed by atoms with E-state index in [1.807, 2.05) is 6.20 Å². The molecule has 2 rings (SSSR count). The number of benzene rings is 1. The second-order valence-electron chi connectivity index (χ2n) is 4.43. The molecule has 0 atom stereocenters. The second kappa shape index (κ2) is 8.89. The van der Waals surface area contributed by atoms with Gasteiger partial charge in [0, 0.05) is 17.3 Å². The predicted octanol–water partition coefficient (Wildman–Crippen LogP) is 4.93. The van der Waals surface area contributed by atoms with Crippen LogP contribution >= 0.6 is 11.9 Å². The van der Waals surface area contributed by atoms with Gasteiger partial charge in [0.15, 0.2) is 0 Å². The molecule has 0 amide bonds. The number of hydrogen-bond acceptors (Lipinski definition) is 2. The van der Waals surface area contributed by atoms with Crippen molar-refractivity contribution in [2.24, 2.45) is 0 Å². The van der Waals surface area contributed by atoms with Gasteiger partial charge in [0.05, 0.1) is 19.0 Å². The molecule has 0 bridgehead atoms. The molecule has 2 nitrogen and oxygen atoms in total. The molecule has 0 N–H and O–H groups in total. The third-order valence-electron chi connectivity index (χ3n) is 2.98. The summed E-state index contributed by atoms with van der Waals surface area (Å²) in [7, 11) is 1.39. The largest absolute Gasteiger partial charge is 0.283 e. The third-order valence-corrected chi connectivity index (χ3v) is 2.98. The molecule has 104 valence electrons. The molecular formula is C16H22ClNO. The van der Waals surface area contributed by atoms with Crippen LogP contribution in [0, 0.1) is 0 Å². The lowest BCUT2D eigenvalue weighted by atomic mass is 9.98. The van der Waals surface area contributed by atoms with Gasteiger partial charge in [-0.15, -0.1) is 0 Å². The summed E-state index contributed by atoms with van der Waals surface area (Å²) in [6, 6.07) is 8.58. The topological polar surface area (TPSA) is 22.1 Å². The Morgan fingerprint density at radius 2 is 1.74 bits per heavy atom. The lowest BCUT2D eigenvalue weighted by Crippen LogP contribution is -1.98. The summed E-state index contributed by atoms with van der Waals surface area (Å²) in [6.07, 6.45) is 6.61. The lowest BCUT2D eigenvalue weighted by Gasteiger charge is -2.10. The lowest BCUT2D eigenvalue weighted by molar-refractivity contribution is 0.463. The molecule has 1 aromatic heterocycles. The van der Waals surface area contributed by atoms with Gasteiger partial charge in [-0.2, -0.15) is 0 Å². The van der Waals surface area contributed by atoms with Gasteiger partial charge in [-0.3, -0.25) is 9.27 Å². The first-order chi connectivity index (χ1) is 9.28. The standard InChI is InChI=1S/C15H19N.CH3ClO/c1-3-7-14-13-10-6-5-9-12(13)11-16-15(14)8-4-2;1-3-2/h5-6,9-11H,3-4,7-8H2,1-2H3;1H3. The van der Waals surface area contributed by atoms with Crippen molar-refractivity contribution in [3.05, 3.63) is 41.7 Å². The predicted molar refractivity (Wildman–Crippen MR) is 82.6 cm³/mol. The van der Waals surface area contributed by atoms with Crippen LogP contribution in [0.5, 0.6) is 0 Å². The van der Waals surface area contributed by atoms with Crippen LogP contribution in [0.4, 0.5) is 0 Å². The first-order valence-corrected chi connectivity index (χ1v) is 7.09. The summed E-state index contributed by atoms with van der Waals surface area (Å²) in [5, 5.41) is 2.66.